The number of nitrogens with zero attached hydrogens (tertiary/aromatic N) is 1. The van der Waals surface area contributed by atoms with Gasteiger partial charge in [-0.05, 0) is 37.6 Å². The van der Waals surface area contributed by atoms with E-state index in [1.165, 1.54) is 5.56 Å². The first-order valence-electron chi connectivity index (χ1n) is 7.87. The highest BCUT2D eigenvalue weighted by Gasteiger charge is 2.05. The highest BCUT2D eigenvalue weighted by Crippen LogP contribution is 2.08. The van der Waals surface area contributed by atoms with Crippen LogP contribution in [0, 0.1) is 0 Å². The summed E-state index contributed by atoms with van der Waals surface area (Å²) in [4.78, 5) is 14.1. The van der Waals surface area contributed by atoms with Crippen molar-refractivity contribution in [2.75, 3.05) is 13.1 Å². The van der Waals surface area contributed by atoms with Crippen molar-refractivity contribution in [2.45, 2.75) is 52.7 Å². The second-order valence-electron chi connectivity index (χ2n) is 5.57. The molecular weight excluding hydrogens is 333 g/mol. The van der Waals surface area contributed by atoms with Crippen LogP contribution in [-0.4, -0.2) is 29.9 Å². The van der Waals surface area contributed by atoms with E-state index in [1.54, 1.807) is 0 Å². The Morgan fingerprint density at radius 2 is 1.83 bits per heavy atom. The number of rotatable bonds is 9. The van der Waals surface area contributed by atoms with Crippen LogP contribution >= 0.6 is 24.8 Å². The predicted octanol–water partition coefficient (Wildman–Crippen LogP) is 3.12. The third kappa shape index (κ3) is 10.6. The lowest BCUT2D eigenvalue weighted by molar-refractivity contribution is -0.121. The monoisotopic (exact) mass is 363 g/mol. The van der Waals surface area contributed by atoms with Gasteiger partial charge in [0.1, 0.15) is 0 Å². The van der Waals surface area contributed by atoms with E-state index in [9.17, 15) is 4.79 Å². The molecule has 1 aromatic carbocycles. The average molecular weight is 364 g/mol. The maximum absolute atomic E-state index is 11.7. The first-order valence-corrected chi connectivity index (χ1v) is 7.87. The summed E-state index contributed by atoms with van der Waals surface area (Å²) in [6.07, 6.45) is 1.23. The van der Waals surface area contributed by atoms with Gasteiger partial charge in [-0.1, -0.05) is 38.1 Å². The van der Waals surface area contributed by atoms with E-state index in [-0.39, 0.29) is 36.8 Å². The Hall–Kier alpha value is -0.810. The van der Waals surface area contributed by atoms with Gasteiger partial charge in [0.25, 0.3) is 0 Å². The third-order valence-corrected chi connectivity index (χ3v) is 3.61. The van der Waals surface area contributed by atoms with Crippen LogP contribution in [0.2, 0.25) is 0 Å². The normalized spacial score (nSPS) is 11.3. The lowest BCUT2D eigenvalue weighted by atomic mass is 10.1. The maximum Gasteiger partial charge on any atom is 0.220 e. The molecule has 0 aromatic heterocycles. The number of hydrogen-bond donors (Lipinski definition) is 2. The summed E-state index contributed by atoms with van der Waals surface area (Å²) in [6.45, 7) is 9.91. The SMILES string of the molecule is CCN(CC)Cc1cccc(CNC(=O)CCC(C)N)c1.Cl.Cl. The number of carbonyl (C=O) groups excluding carboxylic acids is 1. The molecule has 4 nitrogen and oxygen atoms in total. The molecule has 0 spiro atoms. The molecule has 0 aliphatic heterocycles. The van der Waals surface area contributed by atoms with Gasteiger partial charge in [0.15, 0.2) is 0 Å². The molecule has 1 aromatic rings. The van der Waals surface area contributed by atoms with Gasteiger partial charge in [0.2, 0.25) is 5.91 Å². The number of carbonyl (C=O) groups is 1. The molecule has 3 N–H and O–H groups in total. The topological polar surface area (TPSA) is 58.4 Å². The van der Waals surface area contributed by atoms with Crippen LogP contribution in [0.3, 0.4) is 0 Å². The third-order valence-electron chi connectivity index (χ3n) is 3.61. The summed E-state index contributed by atoms with van der Waals surface area (Å²) < 4.78 is 0. The molecule has 1 amide bonds. The van der Waals surface area contributed by atoms with Crippen molar-refractivity contribution in [3.05, 3.63) is 35.4 Å². The van der Waals surface area contributed by atoms with Crippen LogP contribution in [-0.2, 0) is 17.9 Å². The number of amides is 1. The molecule has 0 saturated heterocycles. The van der Waals surface area contributed by atoms with Crippen LogP contribution in [0.1, 0.15) is 44.7 Å². The smallest absolute Gasteiger partial charge is 0.220 e. The van der Waals surface area contributed by atoms with E-state index in [0.717, 1.165) is 31.6 Å². The Balaban J connectivity index is 0. The van der Waals surface area contributed by atoms with Crippen molar-refractivity contribution >= 4 is 30.7 Å². The Labute approximate surface area is 153 Å². The molecule has 0 fully saturated rings. The molecule has 0 aliphatic rings. The molecule has 1 atom stereocenters. The molecule has 0 aliphatic carbocycles. The van der Waals surface area contributed by atoms with E-state index in [1.807, 2.05) is 6.92 Å². The first kappa shape index (κ1) is 24.4. The fourth-order valence-corrected chi connectivity index (χ4v) is 2.19. The van der Waals surface area contributed by atoms with E-state index >= 15 is 0 Å². The minimum absolute atomic E-state index is 0. The van der Waals surface area contributed by atoms with Crippen molar-refractivity contribution in [2.24, 2.45) is 5.73 Å². The quantitative estimate of drug-likeness (QED) is 0.708. The molecule has 0 bridgehead atoms. The van der Waals surface area contributed by atoms with Gasteiger partial charge in [-0.25, -0.2) is 0 Å². The largest absolute Gasteiger partial charge is 0.352 e. The standard InChI is InChI=1S/C17H29N3O.2ClH/c1-4-20(5-2)13-16-8-6-7-15(11-16)12-19-17(21)10-9-14(3)18;;/h6-8,11,14H,4-5,9-10,12-13,18H2,1-3H3,(H,19,21);2*1H. The maximum atomic E-state index is 11.7. The zero-order valence-electron chi connectivity index (χ0n) is 14.4. The van der Waals surface area contributed by atoms with E-state index in [4.69, 9.17) is 5.73 Å². The summed E-state index contributed by atoms with van der Waals surface area (Å²) in [5.74, 6) is 0.0708. The molecular formula is C17H31Cl2N3O. The van der Waals surface area contributed by atoms with Crippen molar-refractivity contribution in [3.63, 3.8) is 0 Å². The van der Waals surface area contributed by atoms with Crippen LogP contribution in [0.25, 0.3) is 0 Å². The average Bonchev–Trinajstić information content (AvgIpc) is 2.49. The van der Waals surface area contributed by atoms with Crippen LogP contribution in [0.5, 0.6) is 0 Å². The van der Waals surface area contributed by atoms with Gasteiger partial charge < -0.3 is 11.1 Å². The number of nitrogens with one attached hydrogen (secondary N) is 1. The van der Waals surface area contributed by atoms with Crippen molar-refractivity contribution < 1.29 is 4.79 Å². The van der Waals surface area contributed by atoms with Gasteiger partial charge >= 0.3 is 0 Å². The fourth-order valence-electron chi connectivity index (χ4n) is 2.19. The number of nitrogens with two attached hydrogens (primary N) is 1. The van der Waals surface area contributed by atoms with Crippen LogP contribution in [0.4, 0.5) is 0 Å². The zero-order valence-corrected chi connectivity index (χ0v) is 16.0. The van der Waals surface area contributed by atoms with Gasteiger partial charge in [-0.15, -0.1) is 24.8 Å². The predicted molar refractivity (Wildman–Crippen MR) is 102 cm³/mol. The van der Waals surface area contributed by atoms with Gasteiger partial charge in [-0.2, -0.15) is 0 Å². The van der Waals surface area contributed by atoms with Crippen molar-refractivity contribution in [1.82, 2.24) is 10.2 Å². The molecule has 134 valence electrons. The lowest BCUT2D eigenvalue weighted by Gasteiger charge is -2.18. The van der Waals surface area contributed by atoms with E-state index in [0.29, 0.717) is 13.0 Å². The van der Waals surface area contributed by atoms with Crippen molar-refractivity contribution in [1.29, 1.82) is 0 Å². The summed E-state index contributed by atoms with van der Waals surface area (Å²) in [5.41, 5.74) is 8.10. The molecule has 0 heterocycles. The van der Waals surface area contributed by atoms with E-state index < -0.39 is 0 Å². The number of hydrogen-bond acceptors (Lipinski definition) is 3. The summed E-state index contributed by atoms with van der Waals surface area (Å²) in [5, 5.41) is 2.95. The molecule has 23 heavy (non-hydrogen) atoms. The van der Waals surface area contributed by atoms with Gasteiger partial charge in [0, 0.05) is 25.6 Å². The zero-order chi connectivity index (χ0) is 15.7. The van der Waals surface area contributed by atoms with E-state index in [2.05, 4.69) is 48.3 Å². The minimum Gasteiger partial charge on any atom is -0.352 e. The molecule has 1 unspecified atom stereocenters. The minimum atomic E-state index is 0. The molecule has 6 heteroatoms. The highest BCUT2D eigenvalue weighted by atomic mass is 35.5. The Morgan fingerprint density at radius 3 is 2.39 bits per heavy atom. The highest BCUT2D eigenvalue weighted by molar-refractivity contribution is 5.85. The summed E-state index contributed by atoms with van der Waals surface area (Å²) >= 11 is 0. The Morgan fingerprint density at radius 1 is 1.22 bits per heavy atom. The second kappa shape index (κ2) is 13.6. The van der Waals surface area contributed by atoms with Crippen molar-refractivity contribution in [3.8, 4) is 0 Å². The second-order valence-corrected chi connectivity index (χ2v) is 5.57. The Bertz CT molecular complexity index is 438. The first-order chi connectivity index (χ1) is 10.0. The molecule has 0 radical (unpaired) electrons. The van der Waals surface area contributed by atoms with Crippen LogP contribution < -0.4 is 11.1 Å². The van der Waals surface area contributed by atoms with Gasteiger partial charge in [-0.3, -0.25) is 9.69 Å². The number of halogens is 2. The number of benzene rings is 1. The van der Waals surface area contributed by atoms with Crippen LogP contribution in [0.15, 0.2) is 24.3 Å². The summed E-state index contributed by atoms with van der Waals surface area (Å²) in [7, 11) is 0. The fraction of sp³-hybridized carbons (Fsp3) is 0.588. The summed E-state index contributed by atoms with van der Waals surface area (Å²) in [6, 6.07) is 8.50. The molecule has 0 saturated carbocycles. The Kier molecular flexibility index (Phi) is 14.5. The van der Waals surface area contributed by atoms with Gasteiger partial charge in [0.05, 0.1) is 0 Å². The lowest BCUT2D eigenvalue weighted by Crippen LogP contribution is -2.25. The molecule has 1 rings (SSSR count).